The summed E-state index contributed by atoms with van der Waals surface area (Å²) in [6.07, 6.45) is 2.63. The molecular weight excluding hydrogens is 277 g/mol. The third-order valence-electron chi connectivity index (χ3n) is 3.91. The first-order valence-electron chi connectivity index (χ1n) is 6.81. The first-order chi connectivity index (χ1) is 10.0. The summed E-state index contributed by atoms with van der Waals surface area (Å²) >= 11 is 0. The molecule has 0 atom stereocenters. The molecule has 1 heterocycles. The molecule has 2 aliphatic rings. The van der Waals surface area contributed by atoms with Crippen molar-refractivity contribution in [3.63, 3.8) is 0 Å². The lowest BCUT2D eigenvalue weighted by molar-refractivity contribution is 0.0906. The van der Waals surface area contributed by atoms with Crippen molar-refractivity contribution in [2.75, 3.05) is 13.1 Å². The summed E-state index contributed by atoms with van der Waals surface area (Å²) in [6.45, 7) is 0.993. The van der Waals surface area contributed by atoms with E-state index in [1.165, 1.54) is 0 Å². The number of phenols is 2. The van der Waals surface area contributed by atoms with E-state index < -0.39 is 34.5 Å². The monoisotopic (exact) mass is 291 g/mol. The van der Waals surface area contributed by atoms with E-state index in [0.29, 0.717) is 13.1 Å². The second kappa shape index (κ2) is 4.87. The number of hydrogen-bond donors (Lipinski definition) is 2. The maximum Gasteiger partial charge on any atom is 0.228 e. The number of phenolic OH excluding ortho intramolecular Hbond substituents is 2. The number of piperidine rings is 1. The summed E-state index contributed by atoms with van der Waals surface area (Å²) in [5, 5.41) is 19.5. The number of aromatic hydroxyl groups is 2. The second-order valence-corrected chi connectivity index (χ2v) is 5.22. The van der Waals surface area contributed by atoms with Crippen LogP contribution < -0.4 is 0 Å². The maximum atomic E-state index is 14.3. The fraction of sp³-hybridized carbons (Fsp3) is 0.333. The number of fused-ring (bicyclic) bond motifs is 1. The molecule has 110 valence electrons. The third kappa shape index (κ3) is 1.98. The number of carbonyl (C=O) groups excluding carboxylic acids is 2. The van der Waals surface area contributed by atoms with Crippen LogP contribution >= 0.6 is 0 Å². The first-order valence-corrected chi connectivity index (χ1v) is 6.81. The lowest BCUT2D eigenvalue weighted by Crippen LogP contribution is -2.36. The lowest BCUT2D eigenvalue weighted by Gasteiger charge is -2.32. The fourth-order valence-corrected chi connectivity index (χ4v) is 2.88. The van der Waals surface area contributed by atoms with E-state index in [1.807, 2.05) is 0 Å². The largest absolute Gasteiger partial charge is 0.507 e. The van der Waals surface area contributed by atoms with Crippen LogP contribution in [0.2, 0.25) is 0 Å². The lowest BCUT2D eigenvalue weighted by atomic mass is 9.89. The molecule has 0 aromatic heterocycles. The number of Topliss-reactive ketones (excluding diaryl/α,β-unsaturated/α-hetero) is 2. The molecule has 0 saturated carbocycles. The number of benzene rings is 1. The Hall–Kier alpha value is -2.37. The van der Waals surface area contributed by atoms with E-state index in [1.54, 1.807) is 4.90 Å². The Morgan fingerprint density at radius 2 is 1.43 bits per heavy atom. The van der Waals surface area contributed by atoms with E-state index in [0.717, 1.165) is 31.4 Å². The SMILES string of the molecule is O=C1C(F)=C(N2CCCCC2)C(=O)c2c(O)ccc(O)c21. The van der Waals surface area contributed by atoms with Crippen LogP contribution in [-0.4, -0.2) is 39.8 Å². The van der Waals surface area contributed by atoms with Gasteiger partial charge < -0.3 is 15.1 Å². The molecule has 21 heavy (non-hydrogen) atoms. The predicted octanol–water partition coefficient (Wildman–Crippen LogP) is 2.14. The van der Waals surface area contributed by atoms with E-state index in [2.05, 4.69) is 0 Å². The van der Waals surface area contributed by atoms with Gasteiger partial charge in [-0.2, -0.15) is 0 Å². The van der Waals surface area contributed by atoms with Gasteiger partial charge in [0.1, 0.15) is 17.2 Å². The number of carbonyl (C=O) groups is 2. The number of nitrogens with zero attached hydrogens (tertiary/aromatic N) is 1. The van der Waals surface area contributed by atoms with Gasteiger partial charge in [-0.05, 0) is 31.4 Å². The molecule has 3 rings (SSSR count). The van der Waals surface area contributed by atoms with Crippen molar-refractivity contribution < 1.29 is 24.2 Å². The average molecular weight is 291 g/mol. The Morgan fingerprint density at radius 3 is 2.00 bits per heavy atom. The van der Waals surface area contributed by atoms with Crippen LogP contribution in [0.25, 0.3) is 0 Å². The Balaban J connectivity index is 2.16. The van der Waals surface area contributed by atoms with Crippen LogP contribution in [0.5, 0.6) is 11.5 Å². The van der Waals surface area contributed by atoms with Gasteiger partial charge in [0.25, 0.3) is 0 Å². The zero-order valence-electron chi connectivity index (χ0n) is 11.2. The van der Waals surface area contributed by atoms with E-state index >= 15 is 0 Å². The molecule has 1 aromatic rings. The Bertz CT molecular complexity index is 674. The van der Waals surface area contributed by atoms with Gasteiger partial charge in [0, 0.05) is 13.1 Å². The van der Waals surface area contributed by atoms with Crippen LogP contribution in [0, 0.1) is 0 Å². The Morgan fingerprint density at radius 1 is 0.905 bits per heavy atom. The summed E-state index contributed by atoms with van der Waals surface area (Å²) in [4.78, 5) is 26.1. The number of ketones is 2. The van der Waals surface area contributed by atoms with Gasteiger partial charge >= 0.3 is 0 Å². The smallest absolute Gasteiger partial charge is 0.228 e. The normalized spacial score (nSPS) is 19.0. The summed E-state index contributed by atoms with van der Waals surface area (Å²) in [7, 11) is 0. The van der Waals surface area contributed by atoms with E-state index in [-0.39, 0.29) is 11.3 Å². The molecule has 1 aliphatic heterocycles. The quantitative estimate of drug-likeness (QED) is 0.775. The van der Waals surface area contributed by atoms with Gasteiger partial charge in [-0.15, -0.1) is 0 Å². The molecule has 1 saturated heterocycles. The van der Waals surface area contributed by atoms with Gasteiger partial charge in [0.2, 0.25) is 11.6 Å². The van der Waals surface area contributed by atoms with Crippen LogP contribution in [0.1, 0.15) is 40.0 Å². The van der Waals surface area contributed by atoms with Crippen molar-refractivity contribution in [2.45, 2.75) is 19.3 Å². The van der Waals surface area contributed by atoms with Crippen LogP contribution in [0.3, 0.4) is 0 Å². The summed E-state index contributed by atoms with van der Waals surface area (Å²) in [6, 6.07) is 2.19. The van der Waals surface area contributed by atoms with E-state index in [9.17, 15) is 24.2 Å². The molecule has 0 radical (unpaired) electrons. The fourth-order valence-electron chi connectivity index (χ4n) is 2.88. The maximum absolute atomic E-state index is 14.3. The second-order valence-electron chi connectivity index (χ2n) is 5.22. The minimum Gasteiger partial charge on any atom is -0.507 e. The highest BCUT2D eigenvalue weighted by Gasteiger charge is 2.39. The number of halogens is 1. The van der Waals surface area contributed by atoms with Gasteiger partial charge in [0.05, 0.1) is 11.1 Å². The Labute approximate surface area is 120 Å². The summed E-state index contributed by atoms with van der Waals surface area (Å²) in [5.41, 5.74) is -1.08. The molecule has 0 spiro atoms. The predicted molar refractivity (Wildman–Crippen MR) is 72.0 cm³/mol. The molecule has 0 unspecified atom stereocenters. The molecule has 6 heteroatoms. The van der Waals surface area contributed by atoms with Crippen LogP contribution in [0.15, 0.2) is 23.7 Å². The van der Waals surface area contributed by atoms with Gasteiger partial charge in [-0.25, -0.2) is 4.39 Å². The highest BCUT2D eigenvalue weighted by molar-refractivity contribution is 6.27. The zero-order valence-corrected chi connectivity index (χ0v) is 11.2. The molecule has 1 aliphatic carbocycles. The van der Waals surface area contributed by atoms with Gasteiger partial charge in [0.15, 0.2) is 5.83 Å². The van der Waals surface area contributed by atoms with Crippen molar-refractivity contribution in [2.24, 2.45) is 0 Å². The third-order valence-corrected chi connectivity index (χ3v) is 3.91. The summed E-state index contributed by atoms with van der Waals surface area (Å²) < 4.78 is 14.3. The molecule has 1 fully saturated rings. The van der Waals surface area contributed by atoms with Crippen molar-refractivity contribution in [3.8, 4) is 11.5 Å². The molecular formula is C15H14FNO4. The molecule has 0 bridgehead atoms. The van der Waals surface area contributed by atoms with Crippen molar-refractivity contribution >= 4 is 11.6 Å². The highest BCUT2D eigenvalue weighted by Crippen LogP contribution is 2.38. The zero-order chi connectivity index (χ0) is 15.1. The standard InChI is InChI=1S/C15H14FNO4/c16-12-13(17-6-2-1-3-7-17)15(21)11-9(19)5-4-8(18)10(11)14(12)20/h4-5,18-19H,1-3,6-7H2. The minimum atomic E-state index is -1.16. The van der Waals surface area contributed by atoms with Crippen LogP contribution in [-0.2, 0) is 0 Å². The minimum absolute atomic E-state index is 0.298. The number of allylic oxidation sites excluding steroid dienone is 2. The number of rotatable bonds is 1. The topological polar surface area (TPSA) is 77.8 Å². The first kappa shape index (κ1) is 13.6. The Kier molecular flexibility index (Phi) is 3.16. The van der Waals surface area contributed by atoms with Gasteiger partial charge in [-0.3, -0.25) is 9.59 Å². The molecule has 2 N–H and O–H groups in total. The average Bonchev–Trinajstić information content (AvgIpc) is 2.48. The van der Waals surface area contributed by atoms with Crippen molar-refractivity contribution in [1.82, 2.24) is 4.90 Å². The van der Waals surface area contributed by atoms with Crippen molar-refractivity contribution in [1.29, 1.82) is 0 Å². The molecule has 1 aromatic carbocycles. The van der Waals surface area contributed by atoms with E-state index in [4.69, 9.17) is 0 Å². The molecule has 0 amide bonds. The van der Waals surface area contributed by atoms with Gasteiger partial charge in [-0.1, -0.05) is 0 Å². The number of likely N-dealkylation sites (tertiary alicyclic amines) is 1. The highest BCUT2D eigenvalue weighted by atomic mass is 19.1. The van der Waals surface area contributed by atoms with Crippen molar-refractivity contribution in [3.05, 3.63) is 34.8 Å². The summed E-state index contributed by atoms with van der Waals surface area (Å²) in [5.74, 6) is -3.90. The molecule has 5 nitrogen and oxygen atoms in total. The van der Waals surface area contributed by atoms with Crippen LogP contribution in [0.4, 0.5) is 4.39 Å². The number of hydrogen-bond acceptors (Lipinski definition) is 5.